The molecule has 2 aromatic rings. The number of aromatic nitrogens is 2. The zero-order valence-electron chi connectivity index (χ0n) is 8.76. The lowest BCUT2D eigenvalue weighted by atomic mass is 10.3. The summed E-state index contributed by atoms with van der Waals surface area (Å²) in [6.07, 6.45) is 3.49. The summed E-state index contributed by atoms with van der Waals surface area (Å²) < 4.78 is 1.82. The first-order chi connectivity index (χ1) is 7.65. The lowest BCUT2D eigenvalue weighted by molar-refractivity contribution is 0.913. The molecule has 1 heterocycles. The van der Waals surface area contributed by atoms with E-state index in [1.54, 1.807) is 30.6 Å². The second kappa shape index (κ2) is 4.37. The first kappa shape index (κ1) is 10.7. The van der Waals surface area contributed by atoms with Crippen LogP contribution in [0.1, 0.15) is 5.69 Å². The van der Waals surface area contributed by atoms with E-state index in [4.69, 9.17) is 17.3 Å². The van der Waals surface area contributed by atoms with Crippen molar-refractivity contribution in [3.05, 3.63) is 47.5 Å². The Bertz CT molecular complexity index is 513. The maximum absolute atomic E-state index is 5.82. The molecule has 0 amide bonds. The highest BCUT2D eigenvalue weighted by atomic mass is 35.5. The SMILES string of the molecule is Cn1cnc(C(N)=Nc2ccc(Cl)cc2)c1. The van der Waals surface area contributed by atoms with Gasteiger partial charge in [-0.2, -0.15) is 0 Å². The maximum atomic E-state index is 5.82. The first-order valence-electron chi connectivity index (χ1n) is 4.73. The van der Waals surface area contributed by atoms with Crippen LogP contribution in [0.15, 0.2) is 41.8 Å². The summed E-state index contributed by atoms with van der Waals surface area (Å²) in [5.74, 6) is 0.392. The highest BCUT2D eigenvalue weighted by molar-refractivity contribution is 6.30. The molecule has 0 aliphatic rings. The average molecular weight is 235 g/mol. The van der Waals surface area contributed by atoms with Gasteiger partial charge in [-0.3, -0.25) is 0 Å². The van der Waals surface area contributed by atoms with Crippen LogP contribution in [0.25, 0.3) is 0 Å². The quantitative estimate of drug-likeness (QED) is 0.639. The molecule has 2 N–H and O–H groups in total. The lowest BCUT2D eigenvalue weighted by Gasteiger charge is -1.97. The van der Waals surface area contributed by atoms with E-state index in [1.807, 2.05) is 17.8 Å². The molecule has 1 aromatic carbocycles. The third kappa shape index (κ3) is 2.41. The van der Waals surface area contributed by atoms with Crippen LogP contribution in [-0.4, -0.2) is 15.4 Å². The van der Waals surface area contributed by atoms with Crippen molar-refractivity contribution in [3.8, 4) is 0 Å². The van der Waals surface area contributed by atoms with Gasteiger partial charge in [-0.05, 0) is 24.3 Å². The molecule has 0 unspecified atom stereocenters. The molecular formula is C11H11ClN4. The molecule has 0 aliphatic heterocycles. The van der Waals surface area contributed by atoms with E-state index >= 15 is 0 Å². The van der Waals surface area contributed by atoms with Gasteiger partial charge in [-0.15, -0.1) is 0 Å². The Morgan fingerprint density at radius 1 is 1.38 bits per heavy atom. The molecule has 4 nitrogen and oxygen atoms in total. The predicted octanol–water partition coefficient (Wildman–Crippen LogP) is 2.11. The van der Waals surface area contributed by atoms with Gasteiger partial charge >= 0.3 is 0 Å². The van der Waals surface area contributed by atoms with E-state index < -0.39 is 0 Å². The van der Waals surface area contributed by atoms with Gasteiger partial charge in [0.2, 0.25) is 0 Å². The molecule has 0 bridgehead atoms. The van der Waals surface area contributed by atoms with Crippen molar-refractivity contribution in [2.24, 2.45) is 17.8 Å². The zero-order chi connectivity index (χ0) is 11.5. The fraction of sp³-hybridized carbons (Fsp3) is 0.0909. The van der Waals surface area contributed by atoms with Crippen LogP contribution in [-0.2, 0) is 7.05 Å². The Hall–Kier alpha value is -1.81. The molecular weight excluding hydrogens is 224 g/mol. The van der Waals surface area contributed by atoms with Gasteiger partial charge in [-0.1, -0.05) is 11.6 Å². The molecule has 0 radical (unpaired) electrons. The van der Waals surface area contributed by atoms with Crippen LogP contribution in [0.5, 0.6) is 0 Å². The Balaban J connectivity index is 2.27. The molecule has 82 valence electrons. The van der Waals surface area contributed by atoms with E-state index in [1.165, 1.54) is 0 Å². The van der Waals surface area contributed by atoms with Crippen molar-refractivity contribution < 1.29 is 0 Å². The lowest BCUT2D eigenvalue weighted by Crippen LogP contribution is -2.13. The topological polar surface area (TPSA) is 56.2 Å². The molecule has 16 heavy (non-hydrogen) atoms. The molecule has 1 aromatic heterocycles. The van der Waals surface area contributed by atoms with E-state index in [-0.39, 0.29) is 0 Å². The Morgan fingerprint density at radius 2 is 2.06 bits per heavy atom. The summed E-state index contributed by atoms with van der Waals surface area (Å²) in [5, 5.41) is 0.676. The monoisotopic (exact) mass is 234 g/mol. The summed E-state index contributed by atoms with van der Waals surface area (Å²) in [6, 6.07) is 7.15. The van der Waals surface area contributed by atoms with E-state index in [2.05, 4.69) is 9.98 Å². The number of amidine groups is 1. The van der Waals surface area contributed by atoms with Crippen molar-refractivity contribution in [3.63, 3.8) is 0 Å². The van der Waals surface area contributed by atoms with E-state index in [0.29, 0.717) is 16.6 Å². The summed E-state index contributed by atoms with van der Waals surface area (Å²) in [4.78, 5) is 8.35. The van der Waals surface area contributed by atoms with Crippen molar-refractivity contribution in [1.82, 2.24) is 9.55 Å². The largest absolute Gasteiger partial charge is 0.382 e. The van der Waals surface area contributed by atoms with Crippen LogP contribution >= 0.6 is 11.6 Å². The first-order valence-corrected chi connectivity index (χ1v) is 5.11. The average Bonchev–Trinajstić information content (AvgIpc) is 2.68. The van der Waals surface area contributed by atoms with Crippen molar-refractivity contribution in [2.45, 2.75) is 0 Å². The minimum absolute atomic E-state index is 0.392. The minimum Gasteiger partial charge on any atom is -0.382 e. The molecule has 0 saturated carbocycles. The van der Waals surface area contributed by atoms with Crippen LogP contribution in [0, 0.1) is 0 Å². The number of hydrogen-bond donors (Lipinski definition) is 1. The normalized spacial score (nSPS) is 11.8. The van der Waals surface area contributed by atoms with Gasteiger partial charge in [0, 0.05) is 18.3 Å². The summed E-state index contributed by atoms with van der Waals surface area (Å²) in [6.45, 7) is 0. The molecule has 0 aliphatic carbocycles. The summed E-state index contributed by atoms with van der Waals surface area (Å²) >= 11 is 5.77. The predicted molar refractivity (Wildman–Crippen MR) is 65.0 cm³/mol. The van der Waals surface area contributed by atoms with Crippen LogP contribution in [0.3, 0.4) is 0 Å². The highest BCUT2D eigenvalue weighted by Gasteiger charge is 2.01. The molecule has 0 atom stereocenters. The fourth-order valence-electron chi connectivity index (χ4n) is 1.26. The summed E-state index contributed by atoms with van der Waals surface area (Å²) in [7, 11) is 1.88. The van der Waals surface area contributed by atoms with Gasteiger partial charge in [0.25, 0.3) is 0 Å². The Labute approximate surface area is 98.4 Å². The van der Waals surface area contributed by atoms with Gasteiger partial charge in [-0.25, -0.2) is 9.98 Å². The number of halogens is 1. The highest BCUT2D eigenvalue weighted by Crippen LogP contribution is 2.16. The number of benzene rings is 1. The fourth-order valence-corrected chi connectivity index (χ4v) is 1.38. The van der Waals surface area contributed by atoms with Crippen molar-refractivity contribution in [1.29, 1.82) is 0 Å². The second-order valence-corrected chi connectivity index (χ2v) is 3.83. The molecule has 5 heteroatoms. The number of nitrogens with two attached hydrogens (primary N) is 1. The Kier molecular flexibility index (Phi) is 2.92. The summed E-state index contributed by atoms with van der Waals surface area (Å²) in [5.41, 5.74) is 7.24. The van der Waals surface area contributed by atoms with Crippen molar-refractivity contribution >= 4 is 23.1 Å². The smallest absolute Gasteiger partial charge is 0.151 e. The third-order valence-corrected chi connectivity index (χ3v) is 2.30. The molecule has 0 fully saturated rings. The van der Waals surface area contributed by atoms with Gasteiger partial charge in [0.15, 0.2) is 5.84 Å². The molecule has 2 rings (SSSR count). The van der Waals surface area contributed by atoms with E-state index in [0.717, 1.165) is 5.69 Å². The number of aliphatic imine (C=N–C) groups is 1. The number of aryl methyl sites for hydroxylation is 1. The number of nitrogens with zero attached hydrogens (tertiary/aromatic N) is 3. The van der Waals surface area contributed by atoms with Crippen molar-refractivity contribution in [2.75, 3.05) is 0 Å². The van der Waals surface area contributed by atoms with Gasteiger partial charge in [0.1, 0.15) is 5.69 Å². The second-order valence-electron chi connectivity index (χ2n) is 3.40. The van der Waals surface area contributed by atoms with Crippen LogP contribution < -0.4 is 5.73 Å². The number of imidazole rings is 1. The molecule has 0 spiro atoms. The Morgan fingerprint density at radius 3 is 2.62 bits per heavy atom. The number of rotatable bonds is 2. The third-order valence-electron chi connectivity index (χ3n) is 2.04. The minimum atomic E-state index is 0.392. The van der Waals surface area contributed by atoms with E-state index in [9.17, 15) is 0 Å². The van der Waals surface area contributed by atoms with Gasteiger partial charge in [0.05, 0.1) is 12.0 Å². The zero-order valence-corrected chi connectivity index (χ0v) is 9.52. The van der Waals surface area contributed by atoms with Crippen LogP contribution in [0.2, 0.25) is 5.02 Å². The van der Waals surface area contributed by atoms with Crippen LogP contribution in [0.4, 0.5) is 5.69 Å². The number of hydrogen-bond acceptors (Lipinski definition) is 2. The van der Waals surface area contributed by atoms with Gasteiger partial charge < -0.3 is 10.3 Å². The standard InChI is InChI=1S/C11H11ClN4/c1-16-6-10(14-7-16)11(13)15-9-4-2-8(12)3-5-9/h2-7H,1H3,(H2,13,15). The molecule has 0 saturated heterocycles. The maximum Gasteiger partial charge on any atom is 0.151 e.